The van der Waals surface area contributed by atoms with E-state index in [2.05, 4.69) is 10.3 Å². The minimum Gasteiger partial charge on any atom is -0.461 e. The van der Waals surface area contributed by atoms with Crippen LogP contribution in [-0.4, -0.2) is 27.6 Å². The van der Waals surface area contributed by atoms with Crippen LogP contribution in [0.3, 0.4) is 0 Å². The predicted octanol–water partition coefficient (Wildman–Crippen LogP) is 1.89. The van der Waals surface area contributed by atoms with Gasteiger partial charge in [0.1, 0.15) is 5.82 Å². The molecule has 94 valence electrons. The van der Waals surface area contributed by atoms with E-state index in [1.807, 2.05) is 0 Å². The zero-order valence-corrected chi connectivity index (χ0v) is 10.1. The van der Waals surface area contributed by atoms with E-state index in [1.165, 1.54) is 16.9 Å². The van der Waals surface area contributed by atoms with Crippen molar-refractivity contribution in [1.29, 1.82) is 0 Å². The summed E-state index contributed by atoms with van der Waals surface area (Å²) in [7, 11) is 0. The predicted molar refractivity (Wildman–Crippen MR) is 62.0 cm³/mol. The molecule has 1 aromatic heterocycles. The highest BCUT2D eigenvalue weighted by Crippen LogP contribution is 2.16. The molecule has 0 unspecified atom stereocenters. The van der Waals surface area contributed by atoms with Crippen LogP contribution >= 0.6 is 0 Å². The Labute approximate surface area is 103 Å². The molecule has 6 heteroatoms. The van der Waals surface area contributed by atoms with E-state index in [1.54, 1.807) is 26.0 Å². The molecule has 0 radical (unpaired) electrons. The van der Waals surface area contributed by atoms with E-state index in [0.717, 1.165) is 0 Å². The number of hydrogen-bond acceptors (Lipinski definition) is 4. The first kappa shape index (κ1) is 12.2. The summed E-state index contributed by atoms with van der Waals surface area (Å²) in [4.78, 5) is 11.4. The molecule has 0 N–H and O–H groups in total. The second kappa shape index (κ2) is 4.95. The lowest BCUT2D eigenvalue weighted by atomic mass is 10.2. The number of benzene rings is 1. The van der Waals surface area contributed by atoms with E-state index in [-0.39, 0.29) is 18.1 Å². The smallest absolute Gasteiger partial charge is 0.360 e. The Morgan fingerprint density at radius 3 is 3.00 bits per heavy atom. The van der Waals surface area contributed by atoms with Gasteiger partial charge in [-0.25, -0.2) is 13.9 Å². The Bertz CT molecular complexity index is 580. The number of esters is 1. The first-order valence-corrected chi connectivity index (χ1v) is 5.48. The second-order valence-corrected chi connectivity index (χ2v) is 3.65. The van der Waals surface area contributed by atoms with E-state index in [9.17, 15) is 9.18 Å². The molecule has 0 saturated carbocycles. The molecule has 18 heavy (non-hydrogen) atoms. The fourth-order valence-corrected chi connectivity index (χ4v) is 1.52. The van der Waals surface area contributed by atoms with Crippen molar-refractivity contribution >= 4 is 5.97 Å². The molecule has 0 aliphatic rings. The molecule has 0 aliphatic heterocycles. The summed E-state index contributed by atoms with van der Waals surface area (Å²) in [6.45, 7) is 3.61. The maximum atomic E-state index is 13.4. The molecule has 0 aliphatic carbocycles. The summed E-state index contributed by atoms with van der Waals surface area (Å²) >= 11 is 0. The maximum absolute atomic E-state index is 13.4. The molecule has 2 rings (SSSR count). The van der Waals surface area contributed by atoms with Crippen molar-refractivity contribution in [3.63, 3.8) is 0 Å². The van der Waals surface area contributed by atoms with Crippen LogP contribution in [0.2, 0.25) is 0 Å². The summed E-state index contributed by atoms with van der Waals surface area (Å²) in [5.74, 6) is -0.876. The number of rotatable bonds is 3. The Kier molecular flexibility index (Phi) is 3.36. The highest BCUT2D eigenvalue weighted by molar-refractivity contribution is 5.86. The van der Waals surface area contributed by atoms with Crippen LogP contribution in [0, 0.1) is 12.7 Å². The molecular formula is C12H12FN3O2. The third-order valence-corrected chi connectivity index (χ3v) is 2.46. The zero-order valence-electron chi connectivity index (χ0n) is 10.1. The van der Waals surface area contributed by atoms with Gasteiger partial charge in [-0.1, -0.05) is 11.3 Å². The summed E-state index contributed by atoms with van der Waals surface area (Å²) in [5.41, 5.74) is 1.08. The standard InChI is InChI=1S/C12H12FN3O2/c1-3-18-12(17)10-7-16(15-14-10)11-6-4-5-9(13)8(11)2/h4-7H,3H2,1-2H3. The summed E-state index contributed by atoms with van der Waals surface area (Å²) in [5, 5.41) is 7.49. The van der Waals surface area contributed by atoms with E-state index in [0.29, 0.717) is 11.3 Å². The molecule has 0 fully saturated rings. The van der Waals surface area contributed by atoms with Gasteiger partial charge in [0, 0.05) is 5.56 Å². The molecule has 5 nitrogen and oxygen atoms in total. The third kappa shape index (κ3) is 2.22. The van der Waals surface area contributed by atoms with Crippen LogP contribution in [0.4, 0.5) is 4.39 Å². The van der Waals surface area contributed by atoms with Crippen LogP contribution in [0.1, 0.15) is 23.0 Å². The van der Waals surface area contributed by atoms with E-state index >= 15 is 0 Å². The highest BCUT2D eigenvalue weighted by atomic mass is 19.1. The van der Waals surface area contributed by atoms with Gasteiger partial charge in [0.05, 0.1) is 18.5 Å². The first-order chi connectivity index (χ1) is 8.63. The quantitative estimate of drug-likeness (QED) is 0.779. The van der Waals surface area contributed by atoms with Crippen molar-refractivity contribution in [3.05, 3.63) is 41.5 Å². The summed E-state index contributed by atoms with van der Waals surface area (Å²) < 4.78 is 19.6. The number of aromatic nitrogens is 3. The van der Waals surface area contributed by atoms with Gasteiger partial charge in [0.2, 0.25) is 0 Å². The van der Waals surface area contributed by atoms with Crippen molar-refractivity contribution in [3.8, 4) is 5.69 Å². The topological polar surface area (TPSA) is 57.0 Å². The van der Waals surface area contributed by atoms with E-state index < -0.39 is 5.97 Å². The van der Waals surface area contributed by atoms with Crippen LogP contribution in [-0.2, 0) is 4.74 Å². The Morgan fingerprint density at radius 2 is 2.28 bits per heavy atom. The number of hydrogen-bond donors (Lipinski definition) is 0. The Balaban J connectivity index is 2.35. The maximum Gasteiger partial charge on any atom is 0.360 e. The molecule has 0 amide bonds. The van der Waals surface area contributed by atoms with Crippen LogP contribution in [0.15, 0.2) is 24.4 Å². The molecule has 0 atom stereocenters. The molecule has 0 bridgehead atoms. The van der Waals surface area contributed by atoms with Crippen molar-refractivity contribution in [2.75, 3.05) is 6.61 Å². The molecular weight excluding hydrogens is 237 g/mol. The average Bonchev–Trinajstić information content (AvgIpc) is 2.82. The van der Waals surface area contributed by atoms with Gasteiger partial charge in [0.25, 0.3) is 0 Å². The van der Waals surface area contributed by atoms with Crippen molar-refractivity contribution in [2.24, 2.45) is 0 Å². The minimum atomic E-state index is -0.544. The number of ether oxygens (including phenoxy) is 1. The van der Waals surface area contributed by atoms with Crippen molar-refractivity contribution in [1.82, 2.24) is 15.0 Å². The molecule has 2 aromatic rings. The van der Waals surface area contributed by atoms with Crippen molar-refractivity contribution in [2.45, 2.75) is 13.8 Å². The Hall–Kier alpha value is -2.24. The second-order valence-electron chi connectivity index (χ2n) is 3.65. The Morgan fingerprint density at radius 1 is 1.50 bits per heavy atom. The van der Waals surface area contributed by atoms with Crippen LogP contribution < -0.4 is 0 Å². The van der Waals surface area contributed by atoms with Crippen LogP contribution in [0.25, 0.3) is 5.69 Å². The molecule has 0 saturated heterocycles. The molecule has 0 spiro atoms. The van der Waals surface area contributed by atoms with Gasteiger partial charge in [0.15, 0.2) is 5.69 Å². The monoisotopic (exact) mass is 249 g/mol. The summed E-state index contributed by atoms with van der Waals surface area (Å²) in [6.07, 6.45) is 1.42. The van der Waals surface area contributed by atoms with Gasteiger partial charge in [-0.15, -0.1) is 5.10 Å². The minimum absolute atomic E-state index is 0.0977. The van der Waals surface area contributed by atoms with Crippen LogP contribution in [0.5, 0.6) is 0 Å². The lowest BCUT2D eigenvalue weighted by Gasteiger charge is -2.04. The zero-order chi connectivity index (χ0) is 13.1. The number of halogens is 1. The SMILES string of the molecule is CCOC(=O)c1cn(-c2cccc(F)c2C)nn1. The van der Waals surface area contributed by atoms with Gasteiger partial charge < -0.3 is 4.74 Å². The van der Waals surface area contributed by atoms with Gasteiger partial charge in [-0.3, -0.25) is 0 Å². The van der Waals surface area contributed by atoms with Gasteiger partial charge in [-0.05, 0) is 26.0 Å². The molecule has 1 aromatic carbocycles. The normalized spacial score (nSPS) is 10.4. The van der Waals surface area contributed by atoms with Gasteiger partial charge >= 0.3 is 5.97 Å². The average molecular weight is 249 g/mol. The molecule has 1 heterocycles. The van der Waals surface area contributed by atoms with E-state index in [4.69, 9.17) is 4.74 Å². The third-order valence-electron chi connectivity index (χ3n) is 2.46. The highest BCUT2D eigenvalue weighted by Gasteiger charge is 2.13. The number of carbonyl (C=O) groups is 1. The summed E-state index contributed by atoms with van der Waals surface area (Å²) in [6, 6.07) is 4.63. The number of nitrogens with zero attached hydrogens (tertiary/aromatic N) is 3. The fraction of sp³-hybridized carbons (Fsp3) is 0.250. The lowest BCUT2D eigenvalue weighted by molar-refractivity contribution is 0.0519. The first-order valence-electron chi connectivity index (χ1n) is 5.48. The fourth-order valence-electron chi connectivity index (χ4n) is 1.52. The largest absolute Gasteiger partial charge is 0.461 e. The van der Waals surface area contributed by atoms with Gasteiger partial charge in [-0.2, -0.15) is 0 Å². The van der Waals surface area contributed by atoms with Crippen molar-refractivity contribution < 1.29 is 13.9 Å². The lowest BCUT2D eigenvalue weighted by Crippen LogP contribution is -2.04. The number of carbonyl (C=O) groups excluding carboxylic acids is 1.